The molecule has 0 aliphatic heterocycles. The molecule has 0 heterocycles. The summed E-state index contributed by atoms with van der Waals surface area (Å²) >= 11 is 0. The lowest BCUT2D eigenvalue weighted by molar-refractivity contribution is 1.17. The highest BCUT2D eigenvalue weighted by Crippen LogP contribution is 2.21. The van der Waals surface area contributed by atoms with Gasteiger partial charge in [0, 0.05) is 0 Å². The van der Waals surface area contributed by atoms with E-state index in [1.807, 2.05) is 0 Å². The maximum atomic E-state index is 2.46. The smallest absolute Gasteiger partial charge is 0.0625 e. The zero-order valence-electron chi connectivity index (χ0n) is 19.0. The summed E-state index contributed by atoms with van der Waals surface area (Å²) in [4.78, 5) is 0. The zero-order chi connectivity index (χ0) is 22.5. The van der Waals surface area contributed by atoms with Crippen LogP contribution in [0.15, 0.2) is 127 Å². The van der Waals surface area contributed by atoms with Crippen LogP contribution in [0, 0.1) is 0 Å². The standard InChI is InChI=1S/C31H28Si2/c1-2-29-30-21-13-12-16-26(30)22-23-31(29)33(27-17-8-4-9-18-27,28-19-10-5-11-20-28)32-24-25-14-6-3-7-15-25/h3-23H,2,24H2,1H3. The molecule has 0 aromatic heterocycles. The SMILES string of the molecule is CCc1c([Si]([Si]Cc2ccccc2)(c2ccccc2)c2ccccc2)ccc2ccccc12. The molecule has 0 fully saturated rings. The van der Waals surface area contributed by atoms with Crippen LogP contribution < -0.4 is 15.6 Å². The van der Waals surface area contributed by atoms with Gasteiger partial charge in [-0.05, 0) is 34.0 Å². The lowest BCUT2D eigenvalue weighted by Gasteiger charge is -2.36. The van der Waals surface area contributed by atoms with E-state index in [4.69, 9.17) is 0 Å². The van der Waals surface area contributed by atoms with Gasteiger partial charge in [-0.2, -0.15) is 0 Å². The summed E-state index contributed by atoms with van der Waals surface area (Å²) in [5, 5.41) is 7.35. The van der Waals surface area contributed by atoms with E-state index < -0.39 is 7.59 Å². The first-order valence-electron chi connectivity index (χ1n) is 11.7. The van der Waals surface area contributed by atoms with Crippen LogP contribution in [0.5, 0.6) is 0 Å². The van der Waals surface area contributed by atoms with Gasteiger partial charge in [0.1, 0.15) is 7.59 Å². The second-order valence-corrected chi connectivity index (χ2v) is 15.7. The Kier molecular flexibility index (Phi) is 6.38. The zero-order valence-corrected chi connectivity index (χ0v) is 21.0. The Bertz CT molecular complexity index is 1290. The van der Waals surface area contributed by atoms with Crippen molar-refractivity contribution < 1.29 is 0 Å². The van der Waals surface area contributed by atoms with Crippen molar-refractivity contribution in [2.24, 2.45) is 0 Å². The molecule has 0 saturated heterocycles. The highest BCUT2D eigenvalue weighted by Gasteiger charge is 2.40. The largest absolute Gasteiger partial charge is 0.134 e. The van der Waals surface area contributed by atoms with Crippen LogP contribution in [-0.2, 0) is 12.5 Å². The first kappa shape index (κ1) is 21.6. The average Bonchev–Trinajstić information content (AvgIpc) is 2.90. The van der Waals surface area contributed by atoms with E-state index in [1.54, 1.807) is 5.19 Å². The predicted octanol–water partition coefficient (Wildman–Crippen LogP) is 5.27. The molecule has 0 aliphatic carbocycles. The van der Waals surface area contributed by atoms with Crippen LogP contribution in [0.1, 0.15) is 18.1 Å². The number of fused-ring (bicyclic) bond motifs is 1. The number of benzene rings is 5. The minimum atomic E-state index is -2.26. The van der Waals surface area contributed by atoms with Gasteiger partial charge in [-0.25, -0.2) is 0 Å². The highest BCUT2D eigenvalue weighted by atomic mass is 29.2. The maximum Gasteiger partial charge on any atom is 0.134 e. The molecule has 2 heteroatoms. The molecule has 0 aliphatic rings. The van der Waals surface area contributed by atoms with Crippen LogP contribution in [0.2, 0.25) is 0 Å². The van der Waals surface area contributed by atoms with E-state index >= 15 is 0 Å². The van der Waals surface area contributed by atoms with Crippen molar-refractivity contribution in [1.82, 2.24) is 0 Å². The van der Waals surface area contributed by atoms with Gasteiger partial charge in [0.05, 0.1) is 9.04 Å². The summed E-state index contributed by atoms with van der Waals surface area (Å²) in [6.45, 7) is 2.32. The molecule has 2 radical (unpaired) electrons. The molecule has 5 rings (SSSR count). The Morgan fingerprint density at radius 3 is 1.73 bits per heavy atom. The maximum absolute atomic E-state index is 2.46. The van der Waals surface area contributed by atoms with Crippen LogP contribution >= 0.6 is 0 Å². The monoisotopic (exact) mass is 456 g/mol. The van der Waals surface area contributed by atoms with Crippen LogP contribution in [0.3, 0.4) is 0 Å². The van der Waals surface area contributed by atoms with Crippen molar-refractivity contribution in [3.8, 4) is 0 Å². The van der Waals surface area contributed by atoms with E-state index in [-0.39, 0.29) is 0 Å². The Labute approximate surface area is 200 Å². The Morgan fingerprint density at radius 1 is 0.576 bits per heavy atom. The molecule has 33 heavy (non-hydrogen) atoms. The van der Waals surface area contributed by atoms with Gasteiger partial charge in [0.15, 0.2) is 0 Å². The summed E-state index contributed by atoms with van der Waals surface area (Å²) in [7, 11) is -1.45. The number of hydrogen-bond donors (Lipinski definition) is 0. The molecule has 0 unspecified atom stereocenters. The second kappa shape index (κ2) is 9.74. The molecule has 0 saturated carbocycles. The summed E-state index contributed by atoms with van der Waals surface area (Å²) in [6.07, 6.45) is 1.04. The second-order valence-electron chi connectivity index (χ2n) is 8.49. The molecule has 5 aromatic rings. The third-order valence-electron chi connectivity index (χ3n) is 6.61. The Balaban J connectivity index is 1.81. The van der Waals surface area contributed by atoms with E-state index in [2.05, 4.69) is 134 Å². The van der Waals surface area contributed by atoms with Gasteiger partial charge >= 0.3 is 0 Å². The fraction of sp³-hybridized carbons (Fsp3) is 0.0968. The topological polar surface area (TPSA) is 0 Å². The summed E-state index contributed by atoms with van der Waals surface area (Å²) in [6, 6.07) is 48.5. The van der Waals surface area contributed by atoms with Crippen molar-refractivity contribution in [3.05, 3.63) is 139 Å². The molecule has 5 aromatic carbocycles. The quantitative estimate of drug-likeness (QED) is 0.231. The van der Waals surface area contributed by atoms with Gasteiger partial charge in [-0.3, -0.25) is 0 Å². The van der Waals surface area contributed by atoms with Crippen LogP contribution in [-0.4, -0.2) is 16.6 Å². The minimum Gasteiger partial charge on any atom is -0.0625 e. The highest BCUT2D eigenvalue weighted by molar-refractivity contribution is 7.43. The lowest BCUT2D eigenvalue weighted by Crippen LogP contribution is -2.72. The summed E-state index contributed by atoms with van der Waals surface area (Å²) < 4.78 is 0. The Morgan fingerprint density at radius 2 is 1.12 bits per heavy atom. The third-order valence-corrected chi connectivity index (χ3v) is 16.1. The van der Waals surface area contributed by atoms with E-state index in [0.717, 1.165) is 21.5 Å². The number of aryl methyl sites for hydroxylation is 1. The lowest BCUT2D eigenvalue weighted by atomic mass is 10.0. The number of rotatable bonds is 7. The van der Waals surface area contributed by atoms with E-state index in [1.165, 1.54) is 32.3 Å². The fourth-order valence-corrected chi connectivity index (χ4v) is 14.7. The van der Waals surface area contributed by atoms with Gasteiger partial charge in [0.25, 0.3) is 0 Å². The molecule has 0 bridgehead atoms. The molecule has 0 spiro atoms. The van der Waals surface area contributed by atoms with E-state index in [0.29, 0.717) is 0 Å². The average molecular weight is 457 g/mol. The molecule has 160 valence electrons. The molecular weight excluding hydrogens is 429 g/mol. The normalized spacial score (nSPS) is 11.5. The van der Waals surface area contributed by atoms with Crippen molar-refractivity contribution in [2.45, 2.75) is 19.4 Å². The first-order chi connectivity index (χ1) is 16.3. The third kappa shape index (κ3) is 4.12. The van der Waals surface area contributed by atoms with Gasteiger partial charge in [0.2, 0.25) is 0 Å². The molecule has 0 N–H and O–H groups in total. The van der Waals surface area contributed by atoms with Crippen molar-refractivity contribution in [2.75, 3.05) is 0 Å². The van der Waals surface area contributed by atoms with Gasteiger partial charge in [-0.1, -0.05) is 150 Å². The molecule has 0 amide bonds. The van der Waals surface area contributed by atoms with Gasteiger partial charge in [-0.15, -0.1) is 0 Å². The van der Waals surface area contributed by atoms with Crippen LogP contribution in [0.4, 0.5) is 0 Å². The van der Waals surface area contributed by atoms with E-state index in [9.17, 15) is 0 Å². The van der Waals surface area contributed by atoms with Crippen molar-refractivity contribution in [1.29, 1.82) is 0 Å². The van der Waals surface area contributed by atoms with Crippen molar-refractivity contribution in [3.63, 3.8) is 0 Å². The van der Waals surface area contributed by atoms with Crippen LogP contribution in [0.25, 0.3) is 10.8 Å². The van der Waals surface area contributed by atoms with Gasteiger partial charge < -0.3 is 0 Å². The number of hydrogen-bond acceptors (Lipinski definition) is 0. The summed E-state index contributed by atoms with van der Waals surface area (Å²) in [5.74, 6) is 0. The summed E-state index contributed by atoms with van der Waals surface area (Å²) in [5.41, 5.74) is 2.95. The first-order valence-corrected chi connectivity index (χ1v) is 15.9. The Hall–Kier alpha value is -3.21. The molecular formula is C31H28Si2. The fourth-order valence-electron chi connectivity index (χ4n) is 5.05. The minimum absolute atomic E-state index is 0.813. The molecule has 0 atom stereocenters. The molecule has 0 nitrogen and oxygen atoms in total. The van der Waals surface area contributed by atoms with Crippen molar-refractivity contribution >= 4 is 43.0 Å². The predicted molar refractivity (Wildman–Crippen MR) is 147 cm³/mol.